The van der Waals surface area contributed by atoms with Crippen LogP contribution in [0, 0.1) is 11.8 Å². The van der Waals surface area contributed by atoms with E-state index in [1.807, 2.05) is 0 Å². The van der Waals surface area contributed by atoms with Gasteiger partial charge in [-0.2, -0.15) is 0 Å². The molecule has 0 bridgehead atoms. The van der Waals surface area contributed by atoms with E-state index in [0.29, 0.717) is 5.54 Å². The molecular weight excluding hydrogens is 246 g/mol. The predicted octanol–water partition coefficient (Wildman–Crippen LogP) is 2.18. The molecule has 20 heavy (non-hydrogen) atoms. The highest BCUT2D eigenvalue weighted by molar-refractivity contribution is 5.46. The molecule has 2 heterocycles. The molecular formula is C17H27N3. The van der Waals surface area contributed by atoms with Gasteiger partial charge in [0.05, 0.1) is 0 Å². The van der Waals surface area contributed by atoms with Crippen molar-refractivity contribution in [2.45, 2.75) is 25.9 Å². The van der Waals surface area contributed by atoms with E-state index in [-0.39, 0.29) is 0 Å². The second kappa shape index (κ2) is 5.05. The number of nitrogens with zero attached hydrogens (tertiary/aromatic N) is 2. The summed E-state index contributed by atoms with van der Waals surface area (Å²) in [6.07, 6.45) is 0. The van der Waals surface area contributed by atoms with E-state index in [2.05, 4.69) is 67.3 Å². The van der Waals surface area contributed by atoms with Gasteiger partial charge in [0.2, 0.25) is 0 Å². The number of rotatable bonds is 3. The molecule has 3 heteroatoms. The van der Waals surface area contributed by atoms with Crippen LogP contribution >= 0.6 is 0 Å². The highest BCUT2D eigenvalue weighted by Crippen LogP contribution is 2.41. The fourth-order valence-electron chi connectivity index (χ4n) is 3.89. The van der Waals surface area contributed by atoms with Crippen molar-refractivity contribution in [2.75, 3.05) is 38.6 Å². The van der Waals surface area contributed by atoms with E-state index in [4.69, 9.17) is 0 Å². The summed E-state index contributed by atoms with van der Waals surface area (Å²) in [5.74, 6) is 1.65. The molecule has 3 rings (SSSR count). The quantitative estimate of drug-likeness (QED) is 0.911. The Morgan fingerprint density at radius 1 is 1.20 bits per heavy atom. The van der Waals surface area contributed by atoms with Crippen LogP contribution in [0.2, 0.25) is 0 Å². The van der Waals surface area contributed by atoms with Crippen molar-refractivity contribution in [2.24, 2.45) is 11.8 Å². The van der Waals surface area contributed by atoms with Crippen LogP contribution in [0.1, 0.15) is 19.4 Å². The van der Waals surface area contributed by atoms with Gasteiger partial charge in [0.15, 0.2) is 0 Å². The summed E-state index contributed by atoms with van der Waals surface area (Å²) < 4.78 is 0. The maximum absolute atomic E-state index is 3.55. The van der Waals surface area contributed by atoms with Gasteiger partial charge in [-0.25, -0.2) is 0 Å². The highest BCUT2D eigenvalue weighted by atomic mass is 15.2. The van der Waals surface area contributed by atoms with E-state index in [1.165, 1.54) is 30.9 Å². The van der Waals surface area contributed by atoms with Crippen molar-refractivity contribution in [1.82, 2.24) is 10.2 Å². The Morgan fingerprint density at radius 2 is 1.90 bits per heavy atom. The summed E-state index contributed by atoms with van der Waals surface area (Å²) in [7, 11) is 4.18. The number of likely N-dealkylation sites (tertiary alicyclic amines) is 1. The molecule has 1 aromatic carbocycles. The topological polar surface area (TPSA) is 18.5 Å². The molecule has 2 aliphatic rings. The fraction of sp³-hybridized carbons (Fsp3) is 0.647. The van der Waals surface area contributed by atoms with Crippen molar-refractivity contribution in [3.8, 4) is 0 Å². The average Bonchev–Trinajstić information content (AvgIpc) is 2.94. The van der Waals surface area contributed by atoms with Gasteiger partial charge < -0.3 is 10.2 Å². The lowest BCUT2D eigenvalue weighted by atomic mass is 9.85. The van der Waals surface area contributed by atoms with E-state index in [1.54, 1.807) is 0 Å². The Labute approximate surface area is 123 Å². The molecule has 1 N–H and O–H groups in total. The largest absolute Gasteiger partial charge is 0.378 e. The van der Waals surface area contributed by atoms with Gasteiger partial charge in [-0.15, -0.1) is 0 Å². The highest BCUT2D eigenvalue weighted by Gasteiger charge is 2.49. The Kier molecular flexibility index (Phi) is 3.51. The third-order valence-electron chi connectivity index (χ3n) is 5.34. The Bertz CT molecular complexity index is 464. The van der Waals surface area contributed by atoms with Crippen molar-refractivity contribution in [3.05, 3.63) is 29.8 Å². The zero-order chi connectivity index (χ0) is 14.3. The van der Waals surface area contributed by atoms with Crippen LogP contribution in [-0.2, 0) is 6.54 Å². The summed E-state index contributed by atoms with van der Waals surface area (Å²) in [6, 6.07) is 9.00. The first kappa shape index (κ1) is 13.9. The summed E-state index contributed by atoms with van der Waals surface area (Å²) in [5.41, 5.74) is 3.01. The molecule has 0 amide bonds. The normalized spacial score (nSPS) is 28.6. The summed E-state index contributed by atoms with van der Waals surface area (Å²) in [4.78, 5) is 4.83. The zero-order valence-corrected chi connectivity index (χ0v) is 13.2. The van der Waals surface area contributed by atoms with Gasteiger partial charge in [-0.3, -0.25) is 4.90 Å². The minimum Gasteiger partial charge on any atom is -0.378 e. The lowest BCUT2D eigenvalue weighted by Crippen LogP contribution is -2.43. The smallest absolute Gasteiger partial charge is 0.0361 e. The zero-order valence-electron chi connectivity index (χ0n) is 13.2. The van der Waals surface area contributed by atoms with Crippen LogP contribution in [0.25, 0.3) is 0 Å². The molecule has 110 valence electrons. The minimum atomic E-state index is 0.314. The first-order chi connectivity index (χ1) is 9.48. The third kappa shape index (κ3) is 2.33. The standard InChI is InChI=1S/C17H27N3/c1-17(2)16-10-18-9-14(16)12-20(17)11-13-5-7-15(8-6-13)19(3)4/h5-8,14,16,18H,9-12H2,1-4H3. The molecule has 2 aliphatic heterocycles. The summed E-state index contributed by atoms with van der Waals surface area (Å²) >= 11 is 0. The van der Waals surface area contributed by atoms with Gasteiger partial charge in [0.1, 0.15) is 0 Å². The van der Waals surface area contributed by atoms with Crippen LogP contribution < -0.4 is 10.2 Å². The summed E-state index contributed by atoms with van der Waals surface area (Å²) in [5, 5.41) is 3.55. The molecule has 2 fully saturated rings. The Balaban J connectivity index is 1.71. The van der Waals surface area contributed by atoms with E-state index in [9.17, 15) is 0 Å². The first-order valence-corrected chi connectivity index (χ1v) is 7.70. The molecule has 2 saturated heterocycles. The van der Waals surface area contributed by atoms with Crippen LogP contribution in [0.3, 0.4) is 0 Å². The number of hydrogen-bond donors (Lipinski definition) is 1. The molecule has 0 radical (unpaired) electrons. The Morgan fingerprint density at radius 3 is 2.50 bits per heavy atom. The molecule has 2 unspecified atom stereocenters. The van der Waals surface area contributed by atoms with Gasteiger partial charge >= 0.3 is 0 Å². The van der Waals surface area contributed by atoms with Gasteiger partial charge in [0.25, 0.3) is 0 Å². The average molecular weight is 273 g/mol. The monoisotopic (exact) mass is 273 g/mol. The molecule has 0 aromatic heterocycles. The molecule has 0 aliphatic carbocycles. The predicted molar refractivity (Wildman–Crippen MR) is 85.1 cm³/mol. The van der Waals surface area contributed by atoms with Crippen molar-refractivity contribution in [3.63, 3.8) is 0 Å². The van der Waals surface area contributed by atoms with Crippen molar-refractivity contribution in [1.29, 1.82) is 0 Å². The van der Waals surface area contributed by atoms with Crippen LogP contribution in [-0.4, -0.2) is 44.2 Å². The van der Waals surface area contributed by atoms with Gasteiger partial charge in [-0.05, 0) is 49.9 Å². The van der Waals surface area contributed by atoms with Gasteiger partial charge in [0, 0.05) is 45.0 Å². The number of benzene rings is 1. The maximum Gasteiger partial charge on any atom is 0.0361 e. The number of hydrogen-bond acceptors (Lipinski definition) is 3. The lowest BCUT2D eigenvalue weighted by Gasteiger charge is -2.35. The molecule has 1 aromatic rings. The lowest BCUT2D eigenvalue weighted by molar-refractivity contribution is 0.132. The number of anilines is 1. The number of nitrogens with one attached hydrogen (secondary N) is 1. The SMILES string of the molecule is CN(C)c1ccc(CN2CC3CNCC3C2(C)C)cc1. The first-order valence-electron chi connectivity index (χ1n) is 7.70. The Hall–Kier alpha value is -1.06. The molecule has 0 spiro atoms. The van der Waals surface area contributed by atoms with Crippen molar-refractivity contribution < 1.29 is 0 Å². The van der Waals surface area contributed by atoms with E-state index in [0.717, 1.165) is 18.4 Å². The molecule has 0 saturated carbocycles. The molecule has 3 nitrogen and oxygen atoms in total. The summed E-state index contributed by atoms with van der Waals surface area (Å²) in [6.45, 7) is 9.53. The van der Waals surface area contributed by atoms with Crippen LogP contribution in [0.4, 0.5) is 5.69 Å². The van der Waals surface area contributed by atoms with E-state index >= 15 is 0 Å². The molecule has 2 atom stereocenters. The second-order valence-electron chi connectivity index (χ2n) is 7.12. The van der Waals surface area contributed by atoms with Crippen LogP contribution in [0.5, 0.6) is 0 Å². The van der Waals surface area contributed by atoms with Crippen molar-refractivity contribution >= 4 is 5.69 Å². The second-order valence-corrected chi connectivity index (χ2v) is 7.12. The van der Waals surface area contributed by atoms with Gasteiger partial charge in [-0.1, -0.05) is 12.1 Å². The van der Waals surface area contributed by atoms with Crippen LogP contribution in [0.15, 0.2) is 24.3 Å². The minimum absolute atomic E-state index is 0.314. The number of fused-ring (bicyclic) bond motifs is 1. The maximum atomic E-state index is 3.55. The van der Waals surface area contributed by atoms with E-state index < -0.39 is 0 Å². The fourth-order valence-corrected chi connectivity index (χ4v) is 3.89. The third-order valence-corrected chi connectivity index (χ3v) is 5.34.